The summed E-state index contributed by atoms with van der Waals surface area (Å²) in [5.74, 6) is 0.709. The first-order valence-corrected chi connectivity index (χ1v) is 8.51. The largest absolute Gasteiger partial charge is 0.497 e. The summed E-state index contributed by atoms with van der Waals surface area (Å²) in [5.41, 5.74) is 1.99. The Labute approximate surface area is 126 Å². The second-order valence-electron chi connectivity index (χ2n) is 4.53. The van der Waals surface area contributed by atoms with Gasteiger partial charge in [0.25, 0.3) is 10.0 Å². The van der Waals surface area contributed by atoms with Crippen LogP contribution in [0, 0.1) is 0 Å². The third-order valence-corrected chi connectivity index (χ3v) is 5.42. The molecule has 0 spiro atoms. The van der Waals surface area contributed by atoms with Gasteiger partial charge in [-0.15, -0.1) is 0 Å². The minimum atomic E-state index is -3.59. The number of hydrogen-bond acceptors (Lipinski definition) is 6. The standard InChI is InChI=1S/C13H13N3O3S2/c1-19-11-4-2-9-3-5-12(7-10(9)6-11)21(17,18)16-13-14-8-15-20-13/h2,4,6-8H,3,5H2,1H3,(H,14,15,16). The highest BCUT2D eigenvalue weighted by atomic mass is 32.2. The molecule has 110 valence electrons. The number of allylic oxidation sites excluding steroid dienone is 1. The van der Waals surface area contributed by atoms with Crippen LogP contribution in [0.15, 0.2) is 29.4 Å². The molecular formula is C13H13N3O3S2. The fourth-order valence-corrected chi connectivity index (χ4v) is 4.01. The van der Waals surface area contributed by atoms with Gasteiger partial charge in [-0.1, -0.05) is 6.07 Å². The summed E-state index contributed by atoms with van der Waals surface area (Å²) in [6.45, 7) is 0. The first-order chi connectivity index (χ1) is 10.1. The normalized spacial score (nSPS) is 14.2. The summed E-state index contributed by atoms with van der Waals surface area (Å²) in [6, 6.07) is 5.69. The Morgan fingerprint density at radius 3 is 2.90 bits per heavy atom. The molecule has 0 unspecified atom stereocenters. The maximum absolute atomic E-state index is 12.3. The van der Waals surface area contributed by atoms with Crippen molar-refractivity contribution >= 4 is 32.8 Å². The molecule has 1 N–H and O–H groups in total. The van der Waals surface area contributed by atoms with Crippen molar-refractivity contribution in [3.05, 3.63) is 40.6 Å². The van der Waals surface area contributed by atoms with Crippen LogP contribution in [-0.2, 0) is 16.4 Å². The molecule has 0 amide bonds. The molecule has 0 saturated carbocycles. The molecule has 0 atom stereocenters. The second-order valence-corrected chi connectivity index (χ2v) is 7.04. The molecule has 0 radical (unpaired) electrons. The minimum absolute atomic E-state index is 0.271. The maximum Gasteiger partial charge on any atom is 0.259 e. The van der Waals surface area contributed by atoms with Crippen molar-refractivity contribution in [3.8, 4) is 5.75 Å². The van der Waals surface area contributed by atoms with Crippen LogP contribution in [0.2, 0.25) is 0 Å². The highest BCUT2D eigenvalue weighted by molar-refractivity contribution is 7.96. The monoisotopic (exact) mass is 323 g/mol. The molecule has 3 rings (SSSR count). The molecule has 1 aliphatic rings. The Balaban J connectivity index is 1.93. The van der Waals surface area contributed by atoms with Gasteiger partial charge in [0.15, 0.2) is 0 Å². The number of aromatic nitrogens is 2. The average molecular weight is 323 g/mol. The van der Waals surface area contributed by atoms with Gasteiger partial charge in [0.1, 0.15) is 12.1 Å². The van der Waals surface area contributed by atoms with Gasteiger partial charge in [-0.05, 0) is 42.2 Å². The first-order valence-electron chi connectivity index (χ1n) is 6.25. The van der Waals surface area contributed by atoms with E-state index < -0.39 is 10.0 Å². The van der Waals surface area contributed by atoms with Crippen LogP contribution >= 0.6 is 11.5 Å². The Kier molecular flexibility index (Phi) is 3.64. The van der Waals surface area contributed by atoms with E-state index in [1.54, 1.807) is 13.2 Å². The number of anilines is 1. The lowest BCUT2D eigenvalue weighted by molar-refractivity contribution is 0.414. The zero-order valence-corrected chi connectivity index (χ0v) is 12.9. The average Bonchev–Trinajstić information content (AvgIpc) is 2.98. The summed E-state index contributed by atoms with van der Waals surface area (Å²) in [5, 5.41) is 0.271. The van der Waals surface area contributed by atoms with Crippen molar-refractivity contribution in [3.63, 3.8) is 0 Å². The summed E-state index contributed by atoms with van der Waals surface area (Å²) < 4.78 is 36.1. The molecule has 6 nitrogen and oxygen atoms in total. The molecule has 2 aromatic rings. The van der Waals surface area contributed by atoms with Gasteiger partial charge >= 0.3 is 0 Å². The maximum atomic E-state index is 12.3. The number of nitrogens with zero attached hydrogens (tertiary/aromatic N) is 2. The molecule has 0 bridgehead atoms. The van der Waals surface area contributed by atoms with Crippen LogP contribution in [-0.4, -0.2) is 24.9 Å². The molecule has 8 heteroatoms. The lowest BCUT2D eigenvalue weighted by Crippen LogP contribution is -2.17. The third-order valence-electron chi connectivity index (χ3n) is 3.24. The summed E-state index contributed by atoms with van der Waals surface area (Å²) >= 11 is 1.01. The highest BCUT2D eigenvalue weighted by Gasteiger charge is 2.23. The van der Waals surface area contributed by atoms with E-state index in [9.17, 15) is 8.42 Å². The van der Waals surface area contributed by atoms with Crippen molar-refractivity contribution in [1.82, 2.24) is 9.36 Å². The number of aryl methyl sites for hydroxylation is 1. The second kappa shape index (κ2) is 5.45. The van der Waals surface area contributed by atoms with Crippen LogP contribution in [0.3, 0.4) is 0 Å². The number of sulfonamides is 1. The van der Waals surface area contributed by atoms with Crippen LogP contribution < -0.4 is 9.46 Å². The topological polar surface area (TPSA) is 81.2 Å². The van der Waals surface area contributed by atoms with E-state index in [1.165, 1.54) is 6.33 Å². The SMILES string of the molecule is COc1ccc2c(c1)C=C(S(=O)(=O)Nc1ncns1)CC2. The summed E-state index contributed by atoms with van der Waals surface area (Å²) in [4.78, 5) is 4.18. The fourth-order valence-electron chi connectivity index (χ4n) is 2.18. The van der Waals surface area contributed by atoms with Gasteiger partial charge in [0.05, 0.1) is 12.0 Å². The molecule has 1 aromatic heterocycles. The molecule has 1 heterocycles. The van der Waals surface area contributed by atoms with Crippen molar-refractivity contribution in [1.29, 1.82) is 0 Å². The van der Waals surface area contributed by atoms with E-state index in [0.29, 0.717) is 23.5 Å². The van der Waals surface area contributed by atoms with Crippen molar-refractivity contribution < 1.29 is 13.2 Å². The van der Waals surface area contributed by atoms with Crippen molar-refractivity contribution in [2.75, 3.05) is 11.8 Å². The van der Waals surface area contributed by atoms with Crippen LogP contribution in [0.5, 0.6) is 5.75 Å². The number of ether oxygens (including phenoxy) is 1. The van der Waals surface area contributed by atoms with Crippen LogP contribution in [0.1, 0.15) is 17.5 Å². The number of hydrogen-bond donors (Lipinski definition) is 1. The van der Waals surface area contributed by atoms with E-state index in [1.807, 2.05) is 18.2 Å². The molecular weight excluding hydrogens is 310 g/mol. The van der Waals surface area contributed by atoms with Crippen LogP contribution in [0.4, 0.5) is 5.13 Å². The van der Waals surface area contributed by atoms with Gasteiger partial charge in [0.2, 0.25) is 5.13 Å². The molecule has 0 fully saturated rings. The van der Waals surface area contributed by atoms with Gasteiger partial charge in [-0.2, -0.15) is 4.37 Å². The Morgan fingerprint density at radius 2 is 2.19 bits per heavy atom. The van der Waals surface area contributed by atoms with Gasteiger partial charge in [-0.25, -0.2) is 13.4 Å². The Hall–Kier alpha value is -1.93. The van der Waals surface area contributed by atoms with E-state index >= 15 is 0 Å². The zero-order valence-electron chi connectivity index (χ0n) is 11.2. The van der Waals surface area contributed by atoms with Gasteiger partial charge < -0.3 is 4.74 Å². The molecule has 21 heavy (non-hydrogen) atoms. The number of nitrogens with one attached hydrogen (secondary N) is 1. The summed E-state index contributed by atoms with van der Waals surface area (Å²) in [7, 11) is -2.00. The van der Waals surface area contributed by atoms with E-state index in [4.69, 9.17) is 4.74 Å². The number of fused-ring (bicyclic) bond motifs is 1. The van der Waals surface area contributed by atoms with Crippen molar-refractivity contribution in [2.24, 2.45) is 0 Å². The van der Waals surface area contributed by atoms with Crippen molar-refractivity contribution in [2.45, 2.75) is 12.8 Å². The lowest BCUT2D eigenvalue weighted by atomic mass is 9.97. The molecule has 0 aliphatic heterocycles. The fraction of sp³-hybridized carbons (Fsp3) is 0.231. The predicted octanol–water partition coefficient (Wildman–Crippen LogP) is 2.28. The van der Waals surface area contributed by atoms with Gasteiger partial charge in [-0.3, -0.25) is 4.72 Å². The number of rotatable bonds is 4. The highest BCUT2D eigenvalue weighted by Crippen LogP contribution is 2.30. The van der Waals surface area contributed by atoms with Crippen LogP contribution in [0.25, 0.3) is 6.08 Å². The van der Waals surface area contributed by atoms with E-state index in [2.05, 4.69) is 14.1 Å². The zero-order chi connectivity index (χ0) is 14.9. The predicted molar refractivity (Wildman–Crippen MR) is 81.7 cm³/mol. The van der Waals surface area contributed by atoms with E-state index in [-0.39, 0.29) is 5.13 Å². The number of benzene rings is 1. The van der Waals surface area contributed by atoms with Gasteiger partial charge in [0, 0.05) is 11.5 Å². The van der Waals surface area contributed by atoms with E-state index in [0.717, 1.165) is 22.7 Å². The Morgan fingerprint density at radius 1 is 1.33 bits per heavy atom. The number of methoxy groups -OCH3 is 1. The first kappa shape index (κ1) is 14.0. The third kappa shape index (κ3) is 2.91. The lowest BCUT2D eigenvalue weighted by Gasteiger charge is -2.17. The molecule has 0 saturated heterocycles. The Bertz CT molecular complexity index is 783. The minimum Gasteiger partial charge on any atom is -0.497 e. The quantitative estimate of drug-likeness (QED) is 0.933. The molecule has 1 aromatic carbocycles. The smallest absolute Gasteiger partial charge is 0.259 e. The molecule has 1 aliphatic carbocycles. The summed E-state index contributed by atoms with van der Waals surface area (Å²) in [6.07, 6.45) is 4.15.